The molecule has 0 saturated carbocycles. The van der Waals surface area contributed by atoms with Gasteiger partial charge in [-0.25, -0.2) is 0 Å². The molecular weight excluding hydrogens is 276 g/mol. The van der Waals surface area contributed by atoms with E-state index in [1.807, 2.05) is 35.2 Å². The fourth-order valence-electron chi connectivity index (χ4n) is 2.62. The molecule has 0 radical (unpaired) electrons. The summed E-state index contributed by atoms with van der Waals surface area (Å²) in [5, 5.41) is 2.75. The van der Waals surface area contributed by atoms with Gasteiger partial charge in [0, 0.05) is 19.2 Å². The van der Waals surface area contributed by atoms with Gasteiger partial charge in [-0.05, 0) is 31.4 Å². The van der Waals surface area contributed by atoms with Crippen LogP contribution in [0.1, 0.15) is 38.2 Å². The number of nitrogens with one attached hydrogen (secondary N) is 1. The fourth-order valence-corrected chi connectivity index (χ4v) is 2.62. The normalized spacial score (nSPS) is 17.0. The largest absolute Gasteiger partial charge is 0.341 e. The molecular formula is C18H24N2O2. The smallest absolute Gasteiger partial charge is 0.244 e. The van der Waals surface area contributed by atoms with Crippen LogP contribution in [0.5, 0.6) is 0 Å². The summed E-state index contributed by atoms with van der Waals surface area (Å²) in [5.41, 5.74) is 0.962. The predicted octanol–water partition coefficient (Wildman–Crippen LogP) is 2.61. The molecule has 4 nitrogen and oxygen atoms in total. The van der Waals surface area contributed by atoms with E-state index in [0.29, 0.717) is 0 Å². The lowest BCUT2D eigenvalue weighted by Gasteiger charge is -2.24. The number of hydrogen-bond acceptors (Lipinski definition) is 2. The van der Waals surface area contributed by atoms with Gasteiger partial charge in [0.05, 0.1) is 0 Å². The van der Waals surface area contributed by atoms with E-state index in [0.717, 1.165) is 31.5 Å². The molecule has 1 fully saturated rings. The Balaban J connectivity index is 1.85. The van der Waals surface area contributed by atoms with Crippen LogP contribution in [-0.4, -0.2) is 35.8 Å². The zero-order chi connectivity index (χ0) is 15.8. The molecule has 0 aromatic heterocycles. The van der Waals surface area contributed by atoms with Crippen molar-refractivity contribution in [3.63, 3.8) is 0 Å². The molecule has 1 aromatic rings. The van der Waals surface area contributed by atoms with E-state index in [1.54, 1.807) is 13.0 Å². The molecule has 118 valence electrons. The van der Waals surface area contributed by atoms with Crippen molar-refractivity contribution in [2.75, 3.05) is 13.1 Å². The highest BCUT2D eigenvalue weighted by Gasteiger charge is 2.21. The molecule has 1 aliphatic heterocycles. The minimum Gasteiger partial charge on any atom is -0.341 e. The summed E-state index contributed by atoms with van der Waals surface area (Å²) >= 11 is 0. The average molecular weight is 300 g/mol. The summed E-state index contributed by atoms with van der Waals surface area (Å²) in [6, 6.07) is 9.14. The molecule has 1 N–H and O–H groups in total. The van der Waals surface area contributed by atoms with Crippen LogP contribution in [0.15, 0.2) is 36.4 Å². The summed E-state index contributed by atoms with van der Waals surface area (Å²) in [4.78, 5) is 26.1. The quantitative estimate of drug-likeness (QED) is 0.869. The van der Waals surface area contributed by atoms with E-state index in [-0.39, 0.29) is 11.8 Å². The van der Waals surface area contributed by atoms with Crippen molar-refractivity contribution in [1.82, 2.24) is 10.2 Å². The zero-order valence-corrected chi connectivity index (χ0v) is 13.1. The van der Waals surface area contributed by atoms with Gasteiger partial charge in [-0.15, -0.1) is 0 Å². The first kappa shape index (κ1) is 16.3. The second-order valence-corrected chi connectivity index (χ2v) is 5.71. The van der Waals surface area contributed by atoms with Crippen LogP contribution in [0.4, 0.5) is 0 Å². The molecule has 0 bridgehead atoms. The van der Waals surface area contributed by atoms with E-state index in [1.165, 1.54) is 18.9 Å². The third kappa shape index (κ3) is 5.02. The van der Waals surface area contributed by atoms with Gasteiger partial charge in [0.1, 0.15) is 6.04 Å². The van der Waals surface area contributed by atoms with E-state index in [4.69, 9.17) is 0 Å². The second kappa shape index (κ2) is 8.37. The molecule has 0 aliphatic carbocycles. The lowest BCUT2D eigenvalue weighted by molar-refractivity contribution is -0.135. The first-order valence-corrected chi connectivity index (χ1v) is 7.99. The molecule has 1 heterocycles. The van der Waals surface area contributed by atoms with Crippen molar-refractivity contribution < 1.29 is 9.59 Å². The Kier molecular flexibility index (Phi) is 6.19. The maximum Gasteiger partial charge on any atom is 0.244 e. The lowest BCUT2D eigenvalue weighted by Crippen LogP contribution is -2.46. The molecule has 1 atom stereocenters. The van der Waals surface area contributed by atoms with Gasteiger partial charge in [0.15, 0.2) is 0 Å². The van der Waals surface area contributed by atoms with Gasteiger partial charge < -0.3 is 10.2 Å². The maximum atomic E-state index is 12.3. The molecule has 22 heavy (non-hydrogen) atoms. The molecule has 4 heteroatoms. The number of nitrogens with zero attached hydrogens (tertiary/aromatic N) is 1. The Morgan fingerprint density at radius 3 is 2.36 bits per heavy atom. The van der Waals surface area contributed by atoms with Crippen molar-refractivity contribution in [3.8, 4) is 0 Å². The zero-order valence-electron chi connectivity index (χ0n) is 13.1. The van der Waals surface area contributed by atoms with Gasteiger partial charge >= 0.3 is 0 Å². The first-order valence-electron chi connectivity index (χ1n) is 7.99. The van der Waals surface area contributed by atoms with Crippen molar-refractivity contribution >= 4 is 17.9 Å². The Hall–Kier alpha value is -2.10. The Labute approximate surface area is 132 Å². The molecule has 1 aliphatic rings. The highest BCUT2D eigenvalue weighted by atomic mass is 16.2. The number of benzene rings is 1. The standard InChI is InChI=1S/C18H24N2O2/c1-15(18(22)20-13-7-2-3-8-14-20)19-17(21)12-11-16-9-5-4-6-10-16/h4-6,9-12,15H,2-3,7-8,13-14H2,1H3,(H,19,21)/b12-11+. The Bertz CT molecular complexity index is 517. The van der Waals surface area contributed by atoms with Crippen LogP contribution in [0, 0.1) is 0 Å². The number of likely N-dealkylation sites (tertiary alicyclic amines) is 1. The second-order valence-electron chi connectivity index (χ2n) is 5.71. The van der Waals surface area contributed by atoms with Crippen molar-refractivity contribution in [2.24, 2.45) is 0 Å². The van der Waals surface area contributed by atoms with Gasteiger partial charge in [-0.1, -0.05) is 43.2 Å². The summed E-state index contributed by atoms with van der Waals surface area (Å²) in [6.07, 6.45) is 7.70. The summed E-state index contributed by atoms with van der Waals surface area (Å²) in [7, 11) is 0. The summed E-state index contributed by atoms with van der Waals surface area (Å²) in [6.45, 7) is 3.36. The number of carbonyl (C=O) groups excluding carboxylic acids is 2. The average Bonchev–Trinajstić information content (AvgIpc) is 2.82. The number of carbonyl (C=O) groups is 2. The third-order valence-corrected chi connectivity index (χ3v) is 3.87. The molecule has 2 amide bonds. The predicted molar refractivity (Wildman–Crippen MR) is 88.1 cm³/mol. The highest BCUT2D eigenvalue weighted by molar-refractivity contribution is 5.95. The molecule has 2 rings (SSSR count). The number of rotatable bonds is 4. The van der Waals surface area contributed by atoms with Crippen LogP contribution < -0.4 is 5.32 Å². The molecule has 0 spiro atoms. The third-order valence-electron chi connectivity index (χ3n) is 3.87. The topological polar surface area (TPSA) is 49.4 Å². The number of hydrogen-bond donors (Lipinski definition) is 1. The fraction of sp³-hybridized carbons (Fsp3) is 0.444. The van der Waals surface area contributed by atoms with Crippen LogP contribution >= 0.6 is 0 Å². The van der Waals surface area contributed by atoms with E-state index >= 15 is 0 Å². The van der Waals surface area contributed by atoms with Gasteiger partial charge in [-0.2, -0.15) is 0 Å². The SMILES string of the molecule is CC(NC(=O)/C=C/c1ccccc1)C(=O)N1CCCCCC1. The molecule has 1 saturated heterocycles. The summed E-state index contributed by atoms with van der Waals surface area (Å²) < 4.78 is 0. The molecule has 1 aromatic carbocycles. The first-order chi connectivity index (χ1) is 10.7. The monoisotopic (exact) mass is 300 g/mol. The van der Waals surface area contributed by atoms with Crippen LogP contribution in [0.2, 0.25) is 0 Å². The van der Waals surface area contributed by atoms with Crippen molar-refractivity contribution in [1.29, 1.82) is 0 Å². The highest BCUT2D eigenvalue weighted by Crippen LogP contribution is 2.10. The van der Waals surface area contributed by atoms with Crippen LogP contribution in [0.25, 0.3) is 6.08 Å². The molecule has 1 unspecified atom stereocenters. The van der Waals surface area contributed by atoms with Gasteiger partial charge in [0.25, 0.3) is 0 Å². The van der Waals surface area contributed by atoms with Gasteiger partial charge in [0.2, 0.25) is 11.8 Å². The van der Waals surface area contributed by atoms with Crippen molar-refractivity contribution in [3.05, 3.63) is 42.0 Å². The Morgan fingerprint density at radius 2 is 1.73 bits per heavy atom. The van der Waals surface area contributed by atoms with Gasteiger partial charge in [-0.3, -0.25) is 9.59 Å². The Morgan fingerprint density at radius 1 is 1.09 bits per heavy atom. The minimum atomic E-state index is -0.481. The lowest BCUT2D eigenvalue weighted by atomic mass is 10.2. The maximum absolute atomic E-state index is 12.3. The van der Waals surface area contributed by atoms with E-state index in [9.17, 15) is 9.59 Å². The van der Waals surface area contributed by atoms with E-state index in [2.05, 4.69) is 5.32 Å². The van der Waals surface area contributed by atoms with Crippen molar-refractivity contribution in [2.45, 2.75) is 38.6 Å². The number of amides is 2. The minimum absolute atomic E-state index is 0.0170. The summed E-state index contributed by atoms with van der Waals surface area (Å²) in [5.74, 6) is -0.220. The van der Waals surface area contributed by atoms with Crippen LogP contribution in [0.3, 0.4) is 0 Å². The van der Waals surface area contributed by atoms with E-state index < -0.39 is 6.04 Å². The van der Waals surface area contributed by atoms with Crippen LogP contribution in [-0.2, 0) is 9.59 Å².